The molecule has 0 aliphatic rings. The molecule has 4 nitrogen and oxygen atoms in total. The average Bonchev–Trinajstić information content (AvgIpc) is 2.95. The number of amides is 1. The Morgan fingerprint density at radius 2 is 1.69 bits per heavy atom. The highest BCUT2D eigenvalue weighted by Gasteiger charge is 2.16. The molecule has 0 bridgehead atoms. The Kier molecular flexibility index (Phi) is 4.89. The molecule has 0 fully saturated rings. The zero-order valence-corrected chi connectivity index (χ0v) is 15.4. The van der Waals surface area contributed by atoms with Crippen molar-refractivity contribution in [1.82, 2.24) is 15.1 Å². The first-order chi connectivity index (χ1) is 12.3. The Morgan fingerprint density at radius 1 is 1.08 bits per heavy atom. The van der Waals surface area contributed by atoms with Crippen molar-refractivity contribution in [1.29, 1.82) is 0 Å². The number of aryl methyl sites for hydroxylation is 4. The minimum absolute atomic E-state index is 0.251. The van der Waals surface area contributed by atoms with Crippen molar-refractivity contribution >= 4 is 5.91 Å². The summed E-state index contributed by atoms with van der Waals surface area (Å²) in [4.78, 5) is 12.4. The van der Waals surface area contributed by atoms with E-state index in [9.17, 15) is 9.18 Å². The Morgan fingerprint density at radius 3 is 2.31 bits per heavy atom. The van der Waals surface area contributed by atoms with Gasteiger partial charge in [-0.1, -0.05) is 29.8 Å². The number of benzene rings is 2. The van der Waals surface area contributed by atoms with Gasteiger partial charge in [0, 0.05) is 19.2 Å². The van der Waals surface area contributed by atoms with Crippen LogP contribution in [-0.4, -0.2) is 15.7 Å². The summed E-state index contributed by atoms with van der Waals surface area (Å²) in [6.07, 6.45) is 0. The molecule has 1 heterocycles. The lowest BCUT2D eigenvalue weighted by atomic mass is 9.97. The standard InChI is InChI=1S/C21H22FN3O/c1-13-9-14(2)20(15(3)10-13)19-11-18(24-25(19)4)21(26)23-12-16-5-7-17(22)8-6-16/h5-11H,12H2,1-4H3,(H,23,26). The number of hydrogen-bond acceptors (Lipinski definition) is 2. The summed E-state index contributed by atoms with van der Waals surface area (Å²) in [5.41, 5.74) is 6.73. The molecule has 0 spiro atoms. The third kappa shape index (κ3) is 3.67. The van der Waals surface area contributed by atoms with Crippen LogP contribution in [0.4, 0.5) is 4.39 Å². The molecular weight excluding hydrogens is 329 g/mol. The molecule has 0 saturated heterocycles. The fraction of sp³-hybridized carbons (Fsp3) is 0.238. The first-order valence-electron chi connectivity index (χ1n) is 8.50. The molecule has 0 saturated carbocycles. The summed E-state index contributed by atoms with van der Waals surface area (Å²) in [5, 5.41) is 7.19. The van der Waals surface area contributed by atoms with E-state index in [1.54, 1.807) is 16.8 Å². The monoisotopic (exact) mass is 351 g/mol. The van der Waals surface area contributed by atoms with E-state index in [4.69, 9.17) is 0 Å². The molecule has 134 valence electrons. The molecular formula is C21H22FN3O. The maximum absolute atomic E-state index is 12.9. The molecule has 0 atom stereocenters. The first kappa shape index (κ1) is 17.9. The largest absolute Gasteiger partial charge is 0.347 e. The van der Waals surface area contributed by atoms with Crippen LogP contribution in [0.3, 0.4) is 0 Å². The van der Waals surface area contributed by atoms with Crippen molar-refractivity contribution in [3.63, 3.8) is 0 Å². The lowest BCUT2D eigenvalue weighted by Crippen LogP contribution is -2.23. The van der Waals surface area contributed by atoms with Gasteiger partial charge in [-0.15, -0.1) is 0 Å². The summed E-state index contributed by atoms with van der Waals surface area (Å²) >= 11 is 0. The molecule has 0 aliphatic heterocycles. The van der Waals surface area contributed by atoms with Crippen molar-refractivity contribution in [2.24, 2.45) is 7.05 Å². The number of carbonyl (C=O) groups excluding carboxylic acids is 1. The van der Waals surface area contributed by atoms with Crippen LogP contribution < -0.4 is 5.32 Å². The summed E-state index contributed by atoms with van der Waals surface area (Å²) in [6.45, 7) is 6.53. The van der Waals surface area contributed by atoms with Gasteiger partial charge in [0.15, 0.2) is 5.69 Å². The van der Waals surface area contributed by atoms with Gasteiger partial charge in [0.05, 0.1) is 5.69 Å². The molecule has 0 radical (unpaired) electrons. The molecule has 1 amide bonds. The zero-order chi connectivity index (χ0) is 18.8. The minimum atomic E-state index is -0.293. The predicted molar refractivity (Wildman–Crippen MR) is 100 cm³/mol. The normalized spacial score (nSPS) is 10.8. The number of rotatable bonds is 4. The van der Waals surface area contributed by atoms with Gasteiger partial charge < -0.3 is 5.32 Å². The molecule has 1 N–H and O–H groups in total. The Balaban J connectivity index is 1.81. The van der Waals surface area contributed by atoms with Crippen LogP contribution in [0.5, 0.6) is 0 Å². The molecule has 1 aromatic heterocycles. The van der Waals surface area contributed by atoms with E-state index in [1.807, 2.05) is 13.1 Å². The second-order valence-electron chi connectivity index (χ2n) is 6.62. The van der Waals surface area contributed by atoms with Crippen LogP contribution in [0.25, 0.3) is 11.3 Å². The quantitative estimate of drug-likeness (QED) is 0.770. The van der Waals surface area contributed by atoms with Gasteiger partial charge >= 0.3 is 0 Å². The molecule has 5 heteroatoms. The van der Waals surface area contributed by atoms with Gasteiger partial charge in [-0.3, -0.25) is 9.48 Å². The van der Waals surface area contributed by atoms with Crippen molar-refractivity contribution in [2.75, 3.05) is 0 Å². The van der Waals surface area contributed by atoms with Gasteiger partial charge in [-0.25, -0.2) is 4.39 Å². The van der Waals surface area contributed by atoms with E-state index >= 15 is 0 Å². The average molecular weight is 351 g/mol. The maximum Gasteiger partial charge on any atom is 0.272 e. The van der Waals surface area contributed by atoms with Crippen molar-refractivity contribution < 1.29 is 9.18 Å². The van der Waals surface area contributed by atoms with Crippen LogP contribution in [-0.2, 0) is 13.6 Å². The van der Waals surface area contributed by atoms with E-state index in [0.29, 0.717) is 12.2 Å². The first-order valence-corrected chi connectivity index (χ1v) is 8.50. The van der Waals surface area contributed by atoms with Crippen molar-refractivity contribution in [2.45, 2.75) is 27.3 Å². The Labute approximate surface area is 152 Å². The lowest BCUT2D eigenvalue weighted by molar-refractivity contribution is 0.0945. The van der Waals surface area contributed by atoms with E-state index in [-0.39, 0.29) is 11.7 Å². The molecule has 3 rings (SSSR count). The van der Waals surface area contributed by atoms with Crippen LogP contribution >= 0.6 is 0 Å². The van der Waals surface area contributed by atoms with Gasteiger partial charge in [-0.2, -0.15) is 5.10 Å². The van der Waals surface area contributed by atoms with Crippen LogP contribution in [0.15, 0.2) is 42.5 Å². The fourth-order valence-corrected chi connectivity index (χ4v) is 3.27. The highest BCUT2D eigenvalue weighted by atomic mass is 19.1. The Hall–Kier alpha value is -2.95. The van der Waals surface area contributed by atoms with E-state index in [1.165, 1.54) is 17.7 Å². The second kappa shape index (κ2) is 7.12. The zero-order valence-electron chi connectivity index (χ0n) is 15.4. The second-order valence-corrected chi connectivity index (χ2v) is 6.62. The number of hydrogen-bond donors (Lipinski definition) is 1. The summed E-state index contributed by atoms with van der Waals surface area (Å²) in [5.74, 6) is -0.545. The summed E-state index contributed by atoms with van der Waals surface area (Å²) in [7, 11) is 1.84. The third-order valence-electron chi connectivity index (χ3n) is 4.41. The van der Waals surface area contributed by atoms with Crippen molar-refractivity contribution in [3.8, 4) is 11.3 Å². The lowest BCUT2D eigenvalue weighted by Gasteiger charge is -2.11. The van der Waals surface area contributed by atoms with Gasteiger partial charge in [0.25, 0.3) is 5.91 Å². The van der Waals surface area contributed by atoms with Crippen LogP contribution in [0.1, 0.15) is 32.7 Å². The number of aromatic nitrogens is 2. The molecule has 2 aromatic carbocycles. The highest BCUT2D eigenvalue weighted by molar-refractivity contribution is 5.93. The third-order valence-corrected chi connectivity index (χ3v) is 4.41. The summed E-state index contributed by atoms with van der Waals surface area (Å²) in [6, 6.07) is 12.1. The highest BCUT2D eigenvalue weighted by Crippen LogP contribution is 2.28. The predicted octanol–water partition coefficient (Wildman–Crippen LogP) is 4.08. The van der Waals surface area contributed by atoms with Crippen molar-refractivity contribution in [3.05, 3.63) is 76.2 Å². The fourth-order valence-electron chi connectivity index (χ4n) is 3.27. The topological polar surface area (TPSA) is 46.9 Å². The molecule has 0 aliphatic carbocycles. The van der Waals surface area contributed by atoms with Gasteiger partial charge in [0.2, 0.25) is 0 Å². The maximum atomic E-state index is 12.9. The Bertz CT molecular complexity index is 935. The number of nitrogens with one attached hydrogen (secondary N) is 1. The SMILES string of the molecule is Cc1cc(C)c(-c2cc(C(=O)NCc3ccc(F)cc3)nn2C)c(C)c1. The smallest absolute Gasteiger partial charge is 0.272 e. The van der Waals surface area contributed by atoms with Gasteiger partial charge in [-0.05, 0) is 55.7 Å². The molecule has 0 unspecified atom stereocenters. The molecule has 26 heavy (non-hydrogen) atoms. The molecule has 3 aromatic rings. The number of carbonyl (C=O) groups is 1. The van der Waals surface area contributed by atoms with Gasteiger partial charge in [0.1, 0.15) is 5.82 Å². The van der Waals surface area contributed by atoms with Crippen LogP contribution in [0.2, 0.25) is 0 Å². The van der Waals surface area contributed by atoms with Crippen LogP contribution in [0, 0.1) is 26.6 Å². The number of halogens is 1. The van der Waals surface area contributed by atoms with E-state index in [2.05, 4.69) is 43.3 Å². The minimum Gasteiger partial charge on any atom is -0.347 e. The van der Waals surface area contributed by atoms with E-state index < -0.39 is 0 Å². The summed E-state index contributed by atoms with van der Waals surface area (Å²) < 4.78 is 14.7. The van der Waals surface area contributed by atoms with E-state index in [0.717, 1.165) is 27.9 Å². The number of nitrogens with zero attached hydrogens (tertiary/aromatic N) is 2.